The van der Waals surface area contributed by atoms with Gasteiger partial charge in [-0.25, -0.2) is 9.78 Å². The van der Waals surface area contributed by atoms with Crippen molar-refractivity contribution in [2.45, 2.75) is 45.4 Å². The van der Waals surface area contributed by atoms with Gasteiger partial charge >= 0.3 is 5.97 Å². The predicted molar refractivity (Wildman–Crippen MR) is 139 cm³/mol. The Bertz CT molecular complexity index is 1620. The molecule has 3 aromatic heterocycles. The van der Waals surface area contributed by atoms with E-state index in [2.05, 4.69) is 4.99 Å². The summed E-state index contributed by atoms with van der Waals surface area (Å²) in [5.74, 6) is -0.783. The Balaban J connectivity index is 1.75. The van der Waals surface area contributed by atoms with Gasteiger partial charge < -0.3 is 18.8 Å². The summed E-state index contributed by atoms with van der Waals surface area (Å²) in [5, 5.41) is 0.203. The quantitative estimate of drug-likeness (QED) is 0.274. The highest BCUT2D eigenvalue weighted by Crippen LogP contribution is 2.18. The van der Waals surface area contributed by atoms with Crippen LogP contribution in [0.1, 0.15) is 37.0 Å². The number of nitrogens with zero attached hydrogens (tertiary/aromatic N) is 4. The van der Waals surface area contributed by atoms with Gasteiger partial charge in [0.25, 0.3) is 11.5 Å². The third-order valence-electron chi connectivity index (χ3n) is 6.32. The number of amides is 1. The summed E-state index contributed by atoms with van der Waals surface area (Å²) in [4.78, 5) is 48.9. The molecule has 1 aliphatic heterocycles. The molecule has 196 valence electrons. The summed E-state index contributed by atoms with van der Waals surface area (Å²) >= 11 is 0. The minimum atomic E-state index is -0.936. The van der Waals surface area contributed by atoms with E-state index in [-0.39, 0.29) is 41.3 Å². The van der Waals surface area contributed by atoms with Crippen molar-refractivity contribution in [3.05, 3.63) is 82.2 Å². The predicted octanol–water partition coefficient (Wildman–Crippen LogP) is 2.90. The molecule has 0 bridgehead atoms. The molecule has 38 heavy (non-hydrogen) atoms. The van der Waals surface area contributed by atoms with E-state index in [1.54, 1.807) is 67.1 Å². The number of carbonyl (C=O) groups is 2. The van der Waals surface area contributed by atoms with Crippen LogP contribution in [0.2, 0.25) is 0 Å². The first kappa shape index (κ1) is 25.3. The normalized spacial score (nSPS) is 16.6. The van der Waals surface area contributed by atoms with Crippen LogP contribution in [-0.4, -0.2) is 51.2 Å². The molecule has 0 saturated carbocycles. The largest absolute Gasteiger partial charge is 0.481 e. The molecule has 1 fully saturated rings. The van der Waals surface area contributed by atoms with E-state index < -0.39 is 18.0 Å². The van der Waals surface area contributed by atoms with Crippen molar-refractivity contribution in [2.75, 3.05) is 13.2 Å². The zero-order valence-corrected chi connectivity index (χ0v) is 21.2. The van der Waals surface area contributed by atoms with Gasteiger partial charge in [-0.2, -0.15) is 4.99 Å². The first-order valence-corrected chi connectivity index (χ1v) is 12.6. The Hall–Kier alpha value is -4.31. The number of para-hydroxylation sites is 1. The smallest absolute Gasteiger partial charge is 0.341 e. The number of esters is 1. The number of fused-ring (bicyclic) bond motifs is 2. The molecule has 10 nitrogen and oxygen atoms in total. The number of ether oxygens (including phenoxy) is 3. The SMILES string of the molecule is CCOC(=O)c1cc2c(=O)n3ccccc3nc2n(CC2CCCO2)c1=NC(=O)C(C)Oc1ccccc1. The summed E-state index contributed by atoms with van der Waals surface area (Å²) in [6, 6.07) is 15.6. The van der Waals surface area contributed by atoms with Crippen molar-refractivity contribution in [1.82, 2.24) is 14.0 Å². The molecule has 2 atom stereocenters. The first-order valence-electron chi connectivity index (χ1n) is 12.6. The van der Waals surface area contributed by atoms with E-state index in [0.29, 0.717) is 23.7 Å². The van der Waals surface area contributed by atoms with Gasteiger partial charge in [0.1, 0.15) is 22.6 Å². The Morgan fingerprint density at radius 1 is 1.18 bits per heavy atom. The number of hydrogen-bond acceptors (Lipinski definition) is 7. The summed E-state index contributed by atoms with van der Waals surface area (Å²) < 4.78 is 20.0. The van der Waals surface area contributed by atoms with Crippen molar-refractivity contribution in [2.24, 2.45) is 4.99 Å². The molecule has 1 aliphatic rings. The van der Waals surface area contributed by atoms with Crippen LogP contribution >= 0.6 is 0 Å². The van der Waals surface area contributed by atoms with Gasteiger partial charge in [0.05, 0.1) is 24.6 Å². The molecule has 0 radical (unpaired) electrons. The summed E-state index contributed by atoms with van der Waals surface area (Å²) in [7, 11) is 0. The van der Waals surface area contributed by atoms with Gasteiger partial charge in [-0.15, -0.1) is 0 Å². The first-order chi connectivity index (χ1) is 18.5. The molecule has 5 rings (SSSR count). The fraction of sp³-hybridized carbons (Fsp3) is 0.321. The number of pyridine rings is 2. The Morgan fingerprint density at radius 3 is 2.71 bits per heavy atom. The van der Waals surface area contributed by atoms with Crippen LogP contribution in [0.15, 0.2) is 70.6 Å². The molecular weight excluding hydrogens is 488 g/mol. The van der Waals surface area contributed by atoms with E-state index in [1.165, 1.54) is 10.5 Å². The summed E-state index contributed by atoms with van der Waals surface area (Å²) in [6.45, 7) is 4.23. The maximum atomic E-state index is 13.5. The van der Waals surface area contributed by atoms with Crippen LogP contribution < -0.4 is 15.8 Å². The molecule has 0 N–H and O–H groups in total. The van der Waals surface area contributed by atoms with E-state index in [4.69, 9.17) is 19.2 Å². The lowest BCUT2D eigenvalue weighted by Crippen LogP contribution is -2.36. The number of benzene rings is 1. The molecule has 4 aromatic rings. The average molecular weight is 517 g/mol. The standard InChI is InChI=1S/C28H28N4O6/c1-3-36-28(35)22-16-21-24(29-23-13-7-8-14-31(23)27(21)34)32(17-20-12-9-15-37-20)25(22)30-26(33)18(2)38-19-10-5-4-6-11-19/h4-8,10-11,13-14,16,18,20H,3,9,12,15,17H2,1-2H3. The maximum Gasteiger partial charge on any atom is 0.341 e. The highest BCUT2D eigenvalue weighted by atomic mass is 16.5. The van der Waals surface area contributed by atoms with Crippen LogP contribution in [0.25, 0.3) is 16.7 Å². The zero-order chi connectivity index (χ0) is 26.6. The fourth-order valence-electron chi connectivity index (χ4n) is 4.47. The van der Waals surface area contributed by atoms with Gasteiger partial charge in [-0.05, 0) is 57.0 Å². The van der Waals surface area contributed by atoms with Crippen LogP contribution in [0.3, 0.4) is 0 Å². The highest BCUT2D eigenvalue weighted by Gasteiger charge is 2.24. The van der Waals surface area contributed by atoms with Crippen LogP contribution in [-0.2, 0) is 20.8 Å². The molecule has 1 aromatic carbocycles. The van der Waals surface area contributed by atoms with Crippen molar-refractivity contribution in [3.8, 4) is 5.75 Å². The molecule has 0 aliphatic carbocycles. The molecule has 0 spiro atoms. The van der Waals surface area contributed by atoms with E-state index in [0.717, 1.165) is 12.8 Å². The Kier molecular flexibility index (Phi) is 7.32. The lowest BCUT2D eigenvalue weighted by molar-refractivity contribution is -0.124. The van der Waals surface area contributed by atoms with Gasteiger partial charge in [-0.3, -0.25) is 14.0 Å². The van der Waals surface area contributed by atoms with Crippen LogP contribution in [0, 0.1) is 0 Å². The van der Waals surface area contributed by atoms with Gasteiger partial charge in [0, 0.05) is 12.8 Å². The maximum absolute atomic E-state index is 13.5. The second-order valence-corrected chi connectivity index (χ2v) is 8.95. The Labute approximate surface area is 218 Å². The number of rotatable bonds is 7. The van der Waals surface area contributed by atoms with E-state index >= 15 is 0 Å². The second kappa shape index (κ2) is 11.0. The lowest BCUT2D eigenvalue weighted by atomic mass is 10.2. The molecule has 4 heterocycles. The minimum absolute atomic E-state index is 0.00705. The van der Waals surface area contributed by atoms with Crippen LogP contribution in [0.4, 0.5) is 0 Å². The topological polar surface area (TPSA) is 113 Å². The summed E-state index contributed by atoms with van der Waals surface area (Å²) in [6.07, 6.45) is 2.15. The molecule has 1 amide bonds. The van der Waals surface area contributed by atoms with Crippen molar-refractivity contribution < 1.29 is 23.8 Å². The number of hydrogen-bond donors (Lipinski definition) is 0. The molecule has 10 heteroatoms. The van der Waals surface area contributed by atoms with Gasteiger partial charge in [0.15, 0.2) is 11.6 Å². The minimum Gasteiger partial charge on any atom is -0.481 e. The monoisotopic (exact) mass is 516 g/mol. The highest BCUT2D eigenvalue weighted by molar-refractivity contribution is 5.94. The number of aromatic nitrogens is 3. The van der Waals surface area contributed by atoms with E-state index in [9.17, 15) is 14.4 Å². The van der Waals surface area contributed by atoms with Crippen molar-refractivity contribution in [1.29, 1.82) is 0 Å². The third-order valence-corrected chi connectivity index (χ3v) is 6.32. The van der Waals surface area contributed by atoms with Gasteiger partial charge in [0.2, 0.25) is 0 Å². The average Bonchev–Trinajstić information content (AvgIpc) is 3.44. The van der Waals surface area contributed by atoms with E-state index in [1.807, 2.05) is 6.07 Å². The second-order valence-electron chi connectivity index (χ2n) is 8.95. The molecule has 2 unspecified atom stereocenters. The van der Waals surface area contributed by atoms with Crippen molar-refractivity contribution >= 4 is 28.6 Å². The number of carbonyl (C=O) groups excluding carboxylic acids is 2. The Morgan fingerprint density at radius 2 is 1.97 bits per heavy atom. The van der Waals surface area contributed by atoms with Gasteiger partial charge in [-0.1, -0.05) is 24.3 Å². The van der Waals surface area contributed by atoms with Crippen molar-refractivity contribution in [3.63, 3.8) is 0 Å². The fourth-order valence-corrected chi connectivity index (χ4v) is 4.47. The molecular formula is C28H28N4O6. The summed E-state index contributed by atoms with van der Waals surface area (Å²) in [5.41, 5.74) is 0.413. The van der Waals surface area contributed by atoms with Crippen LogP contribution in [0.5, 0.6) is 5.75 Å². The molecule has 1 saturated heterocycles. The zero-order valence-electron chi connectivity index (χ0n) is 21.2. The lowest BCUT2D eigenvalue weighted by Gasteiger charge is -2.18. The third kappa shape index (κ3) is 5.08.